The Bertz CT molecular complexity index is 180. The molecule has 0 saturated heterocycles. The molecule has 0 aromatic carbocycles. The summed E-state index contributed by atoms with van der Waals surface area (Å²) in [4.78, 5) is 0. The first-order valence-electron chi connectivity index (χ1n) is 6.00. The lowest BCUT2D eigenvalue weighted by molar-refractivity contribution is 0.149. The van der Waals surface area contributed by atoms with Crippen LogP contribution in [0.1, 0.15) is 32.1 Å². The maximum Gasteiger partial charge on any atom is 0.0689 e. The maximum absolute atomic E-state index is 8.60. The van der Waals surface area contributed by atoms with Crippen molar-refractivity contribution in [3.8, 4) is 0 Å². The summed E-state index contributed by atoms with van der Waals surface area (Å²) in [7, 11) is 0. The van der Waals surface area contributed by atoms with Crippen LogP contribution < -0.4 is 5.32 Å². The van der Waals surface area contributed by atoms with Gasteiger partial charge in [-0.05, 0) is 31.4 Å². The van der Waals surface area contributed by atoms with E-state index >= 15 is 0 Å². The molecule has 0 radical (unpaired) electrons. The number of unbranched alkanes of at least 4 members (excludes halogenated alkanes) is 3. The summed E-state index contributed by atoms with van der Waals surface area (Å²) in [5.74, 6) is 0. The molecule has 0 aliphatic carbocycles. The molecule has 1 heterocycles. The van der Waals surface area contributed by atoms with Crippen molar-refractivity contribution in [3.63, 3.8) is 0 Å². The Balaban J connectivity index is 1.86. The van der Waals surface area contributed by atoms with Gasteiger partial charge in [0, 0.05) is 13.2 Å². The average Bonchev–Trinajstić information content (AvgIpc) is 2.29. The Labute approximate surface area is 92.5 Å². The lowest BCUT2D eigenvalue weighted by Crippen LogP contribution is -2.22. The van der Waals surface area contributed by atoms with Crippen molar-refractivity contribution < 1.29 is 9.84 Å². The summed E-state index contributed by atoms with van der Waals surface area (Å²) >= 11 is 0. The van der Waals surface area contributed by atoms with Gasteiger partial charge in [0.25, 0.3) is 0 Å². The highest BCUT2D eigenvalue weighted by molar-refractivity contribution is 5.06. The van der Waals surface area contributed by atoms with Crippen LogP contribution >= 0.6 is 0 Å². The molecule has 15 heavy (non-hydrogen) atoms. The van der Waals surface area contributed by atoms with Crippen LogP contribution in [0, 0.1) is 0 Å². The van der Waals surface area contributed by atoms with E-state index in [1.54, 1.807) is 0 Å². The minimum atomic E-state index is 0.331. The van der Waals surface area contributed by atoms with E-state index in [4.69, 9.17) is 9.84 Å². The Hall–Kier alpha value is -0.380. The maximum atomic E-state index is 8.60. The van der Waals surface area contributed by atoms with Gasteiger partial charge in [-0.2, -0.15) is 0 Å². The van der Waals surface area contributed by atoms with Gasteiger partial charge in [0.05, 0.1) is 13.2 Å². The number of ether oxygens (including phenoxy) is 1. The van der Waals surface area contributed by atoms with Crippen LogP contribution in [0.4, 0.5) is 0 Å². The highest BCUT2D eigenvalue weighted by Crippen LogP contribution is 2.04. The summed E-state index contributed by atoms with van der Waals surface area (Å²) in [6.45, 7) is 4.06. The highest BCUT2D eigenvalue weighted by Gasteiger charge is 2.02. The van der Waals surface area contributed by atoms with Crippen molar-refractivity contribution in [2.75, 3.05) is 32.9 Å². The molecule has 88 valence electrons. The SMILES string of the molecule is OCCCCCCNCC1=CCCOC1. The van der Waals surface area contributed by atoms with Gasteiger partial charge in [0.15, 0.2) is 0 Å². The molecule has 2 N–H and O–H groups in total. The summed E-state index contributed by atoms with van der Waals surface area (Å²) < 4.78 is 5.36. The Morgan fingerprint density at radius 2 is 2.13 bits per heavy atom. The van der Waals surface area contributed by atoms with Gasteiger partial charge in [-0.1, -0.05) is 18.9 Å². The molecule has 0 amide bonds. The van der Waals surface area contributed by atoms with Crippen LogP contribution in [0.5, 0.6) is 0 Å². The Morgan fingerprint density at radius 1 is 1.27 bits per heavy atom. The van der Waals surface area contributed by atoms with Gasteiger partial charge in [-0.3, -0.25) is 0 Å². The Kier molecular flexibility index (Phi) is 7.52. The molecule has 0 bridgehead atoms. The summed E-state index contributed by atoms with van der Waals surface area (Å²) in [5.41, 5.74) is 1.39. The monoisotopic (exact) mass is 213 g/mol. The molecule has 3 nitrogen and oxygen atoms in total. The fourth-order valence-corrected chi connectivity index (χ4v) is 1.70. The minimum absolute atomic E-state index is 0.331. The van der Waals surface area contributed by atoms with Crippen molar-refractivity contribution in [1.29, 1.82) is 0 Å². The molecular formula is C12H23NO2. The number of nitrogens with one attached hydrogen (secondary N) is 1. The normalized spacial score (nSPS) is 16.5. The molecule has 0 unspecified atom stereocenters. The van der Waals surface area contributed by atoms with Crippen molar-refractivity contribution >= 4 is 0 Å². The number of aliphatic hydroxyl groups is 1. The zero-order valence-corrected chi connectivity index (χ0v) is 9.50. The molecule has 1 aliphatic rings. The highest BCUT2D eigenvalue weighted by atomic mass is 16.5. The Morgan fingerprint density at radius 3 is 2.87 bits per heavy atom. The predicted molar refractivity (Wildman–Crippen MR) is 61.9 cm³/mol. The molecule has 0 aromatic rings. The lowest BCUT2D eigenvalue weighted by atomic mass is 10.2. The van der Waals surface area contributed by atoms with Gasteiger partial charge in [0.1, 0.15) is 0 Å². The fraction of sp³-hybridized carbons (Fsp3) is 0.833. The van der Waals surface area contributed by atoms with Crippen molar-refractivity contribution in [3.05, 3.63) is 11.6 Å². The lowest BCUT2D eigenvalue weighted by Gasteiger charge is -2.14. The summed E-state index contributed by atoms with van der Waals surface area (Å²) in [6, 6.07) is 0. The van der Waals surface area contributed by atoms with Gasteiger partial charge >= 0.3 is 0 Å². The molecule has 0 fully saturated rings. The fourth-order valence-electron chi connectivity index (χ4n) is 1.70. The second-order valence-corrected chi connectivity index (χ2v) is 4.02. The smallest absolute Gasteiger partial charge is 0.0689 e. The van der Waals surface area contributed by atoms with E-state index in [0.29, 0.717) is 6.61 Å². The van der Waals surface area contributed by atoms with E-state index in [2.05, 4.69) is 11.4 Å². The van der Waals surface area contributed by atoms with Crippen molar-refractivity contribution in [2.45, 2.75) is 32.1 Å². The standard InChI is InChI=1S/C12H23NO2/c14-8-4-2-1-3-7-13-10-12-6-5-9-15-11-12/h6,13-14H,1-5,7-11H2. The second-order valence-electron chi connectivity index (χ2n) is 4.02. The van der Waals surface area contributed by atoms with Crippen molar-refractivity contribution in [1.82, 2.24) is 5.32 Å². The zero-order valence-electron chi connectivity index (χ0n) is 9.50. The predicted octanol–water partition coefficient (Wildman–Crippen LogP) is 1.48. The molecule has 0 saturated carbocycles. The first kappa shape index (κ1) is 12.7. The molecule has 0 atom stereocenters. The van der Waals surface area contributed by atoms with Crippen LogP contribution in [-0.2, 0) is 4.74 Å². The number of aliphatic hydroxyl groups excluding tert-OH is 1. The quantitative estimate of drug-likeness (QED) is 0.474. The largest absolute Gasteiger partial charge is 0.396 e. The van der Waals surface area contributed by atoms with Gasteiger partial charge in [-0.15, -0.1) is 0 Å². The first-order chi connectivity index (χ1) is 7.43. The summed E-state index contributed by atoms with van der Waals surface area (Å²) in [5, 5.41) is 12.0. The van der Waals surface area contributed by atoms with Crippen LogP contribution in [0.3, 0.4) is 0 Å². The molecule has 3 heteroatoms. The van der Waals surface area contributed by atoms with Crippen LogP contribution in [0.2, 0.25) is 0 Å². The average molecular weight is 213 g/mol. The second kappa shape index (κ2) is 8.89. The summed E-state index contributed by atoms with van der Waals surface area (Å²) in [6.07, 6.45) is 7.84. The molecule has 0 spiro atoms. The van der Waals surface area contributed by atoms with E-state index in [1.165, 1.54) is 18.4 Å². The van der Waals surface area contributed by atoms with E-state index in [1.807, 2.05) is 0 Å². The third-order valence-electron chi connectivity index (χ3n) is 2.60. The van der Waals surface area contributed by atoms with Crippen LogP contribution in [0.25, 0.3) is 0 Å². The van der Waals surface area contributed by atoms with Gasteiger partial charge in [0.2, 0.25) is 0 Å². The van der Waals surface area contributed by atoms with Gasteiger partial charge in [-0.25, -0.2) is 0 Å². The van der Waals surface area contributed by atoms with E-state index in [-0.39, 0.29) is 0 Å². The molecule has 1 aliphatic heterocycles. The number of hydrogen-bond acceptors (Lipinski definition) is 3. The topological polar surface area (TPSA) is 41.5 Å². The van der Waals surface area contributed by atoms with Crippen molar-refractivity contribution in [2.24, 2.45) is 0 Å². The van der Waals surface area contributed by atoms with Crippen LogP contribution in [-0.4, -0.2) is 38.0 Å². The molecule has 1 rings (SSSR count). The molecular weight excluding hydrogens is 190 g/mol. The van der Waals surface area contributed by atoms with E-state index in [0.717, 1.165) is 45.6 Å². The van der Waals surface area contributed by atoms with E-state index in [9.17, 15) is 0 Å². The minimum Gasteiger partial charge on any atom is -0.396 e. The molecule has 0 aromatic heterocycles. The zero-order chi connectivity index (χ0) is 10.8. The third-order valence-corrected chi connectivity index (χ3v) is 2.60. The third kappa shape index (κ3) is 6.66. The van der Waals surface area contributed by atoms with E-state index < -0.39 is 0 Å². The van der Waals surface area contributed by atoms with Gasteiger partial charge < -0.3 is 15.2 Å². The first-order valence-corrected chi connectivity index (χ1v) is 6.00. The number of hydrogen-bond donors (Lipinski definition) is 2. The number of rotatable bonds is 8. The van der Waals surface area contributed by atoms with Crippen LogP contribution in [0.15, 0.2) is 11.6 Å².